The van der Waals surface area contributed by atoms with Crippen LogP contribution in [0.3, 0.4) is 0 Å². The van der Waals surface area contributed by atoms with E-state index in [1.807, 2.05) is 0 Å². The second-order valence-corrected chi connectivity index (χ2v) is 8.86. The minimum Gasteiger partial charge on any atom is -0.495 e. The standard InChI is InChI=1S/C22H19ClF2N2O4S/c1-31-19-11-10-15(23)13-20(19)32(29,30)27-18(12-14-6-3-2-4-7-14)22(28)26-21-16(24)8-5-9-17(21)25/h2-11,13,18,27H,12H2,1H3,(H,26,28). The van der Waals surface area contributed by atoms with Crippen LogP contribution in [-0.4, -0.2) is 27.5 Å². The third-order valence-corrected chi connectivity index (χ3v) is 6.25. The normalized spacial score (nSPS) is 12.2. The lowest BCUT2D eigenvalue weighted by molar-refractivity contribution is -0.117. The lowest BCUT2D eigenvalue weighted by atomic mass is 10.1. The Morgan fingerprint density at radius 1 is 1.03 bits per heavy atom. The molecule has 3 aromatic rings. The summed E-state index contributed by atoms with van der Waals surface area (Å²) in [6, 6.07) is 14.3. The summed E-state index contributed by atoms with van der Waals surface area (Å²) >= 11 is 5.94. The molecule has 3 aromatic carbocycles. The molecule has 0 aromatic heterocycles. The highest BCUT2D eigenvalue weighted by Crippen LogP contribution is 2.27. The van der Waals surface area contributed by atoms with Crippen molar-refractivity contribution in [3.05, 3.63) is 89.0 Å². The number of para-hydroxylation sites is 1. The van der Waals surface area contributed by atoms with Crippen molar-refractivity contribution in [2.24, 2.45) is 0 Å². The fraction of sp³-hybridized carbons (Fsp3) is 0.136. The van der Waals surface area contributed by atoms with Gasteiger partial charge in [-0.3, -0.25) is 4.79 Å². The fourth-order valence-electron chi connectivity index (χ4n) is 2.98. The van der Waals surface area contributed by atoms with E-state index in [4.69, 9.17) is 16.3 Å². The molecule has 6 nitrogen and oxygen atoms in total. The number of sulfonamides is 1. The predicted octanol–water partition coefficient (Wildman–Crippen LogP) is 4.16. The molecule has 2 N–H and O–H groups in total. The van der Waals surface area contributed by atoms with E-state index in [-0.39, 0.29) is 22.1 Å². The number of methoxy groups -OCH3 is 1. The molecule has 0 heterocycles. The van der Waals surface area contributed by atoms with Crippen LogP contribution in [-0.2, 0) is 21.2 Å². The summed E-state index contributed by atoms with van der Waals surface area (Å²) in [6.45, 7) is 0. The number of hydrogen-bond donors (Lipinski definition) is 2. The first-order chi connectivity index (χ1) is 15.2. The molecule has 168 valence electrons. The highest BCUT2D eigenvalue weighted by Gasteiger charge is 2.29. The van der Waals surface area contributed by atoms with E-state index in [1.54, 1.807) is 30.3 Å². The van der Waals surface area contributed by atoms with Gasteiger partial charge in [-0.2, -0.15) is 4.72 Å². The van der Waals surface area contributed by atoms with Gasteiger partial charge in [-0.25, -0.2) is 17.2 Å². The minimum atomic E-state index is -4.31. The summed E-state index contributed by atoms with van der Waals surface area (Å²) in [4.78, 5) is 12.6. The van der Waals surface area contributed by atoms with Gasteiger partial charge in [0.2, 0.25) is 15.9 Å². The summed E-state index contributed by atoms with van der Waals surface area (Å²) in [6.07, 6.45) is -0.0785. The largest absolute Gasteiger partial charge is 0.495 e. The number of carbonyl (C=O) groups is 1. The van der Waals surface area contributed by atoms with Gasteiger partial charge in [-0.15, -0.1) is 0 Å². The lowest BCUT2D eigenvalue weighted by Gasteiger charge is -2.20. The van der Waals surface area contributed by atoms with Gasteiger partial charge in [0.05, 0.1) is 7.11 Å². The third-order valence-electron chi connectivity index (χ3n) is 4.52. The van der Waals surface area contributed by atoms with Crippen LogP contribution in [0.1, 0.15) is 5.56 Å². The number of amides is 1. The number of anilines is 1. The Morgan fingerprint density at radius 3 is 2.31 bits per heavy atom. The molecule has 0 bridgehead atoms. The van der Waals surface area contributed by atoms with Crippen molar-refractivity contribution in [3.63, 3.8) is 0 Å². The van der Waals surface area contributed by atoms with Crippen molar-refractivity contribution in [2.45, 2.75) is 17.4 Å². The van der Waals surface area contributed by atoms with Crippen LogP contribution in [0, 0.1) is 11.6 Å². The molecule has 0 saturated heterocycles. The van der Waals surface area contributed by atoms with Gasteiger partial charge in [0, 0.05) is 5.02 Å². The van der Waals surface area contributed by atoms with Gasteiger partial charge in [-0.1, -0.05) is 48.0 Å². The van der Waals surface area contributed by atoms with Crippen molar-refractivity contribution >= 4 is 33.2 Å². The number of carbonyl (C=O) groups excluding carboxylic acids is 1. The Kier molecular flexibility index (Phi) is 7.44. The number of rotatable bonds is 8. The van der Waals surface area contributed by atoms with Crippen molar-refractivity contribution < 1.29 is 26.7 Å². The first kappa shape index (κ1) is 23.6. The Morgan fingerprint density at radius 2 is 1.69 bits per heavy atom. The number of benzene rings is 3. The quantitative estimate of drug-likeness (QED) is 0.507. The van der Waals surface area contributed by atoms with Gasteiger partial charge in [0.25, 0.3) is 0 Å². The first-order valence-corrected chi connectivity index (χ1v) is 11.2. The highest BCUT2D eigenvalue weighted by atomic mass is 35.5. The van der Waals surface area contributed by atoms with Gasteiger partial charge in [-0.05, 0) is 42.3 Å². The maximum absolute atomic E-state index is 14.0. The molecule has 1 unspecified atom stereocenters. The molecule has 0 aliphatic heterocycles. The highest BCUT2D eigenvalue weighted by molar-refractivity contribution is 7.89. The minimum absolute atomic E-state index is 0.0147. The summed E-state index contributed by atoms with van der Waals surface area (Å²) in [5, 5.41) is 2.28. The monoisotopic (exact) mass is 480 g/mol. The van der Waals surface area contributed by atoms with Crippen molar-refractivity contribution in [1.82, 2.24) is 4.72 Å². The lowest BCUT2D eigenvalue weighted by Crippen LogP contribution is -2.45. The molecular formula is C22H19ClF2N2O4S. The molecule has 32 heavy (non-hydrogen) atoms. The zero-order valence-corrected chi connectivity index (χ0v) is 18.4. The maximum atomic E-state index is 14.0. The molecule has 0 aliphatic carbocycles. The zero-order chi connectivity index (χ0) is 23.3. The number of halogens is 3. The van der Waals surface area contributed by atoms with E-state index in [0.717, 1.165) is 18.2 Å². The predicted molar refractivity (Wildman–Crippen MR) is 117 cm³/mol. The Bertz CT molecular complexity index is 1200. The number of nitrogens with one attached hydrogen (secondary N) is 2. The Hall–Kier alpha value is -3.01. The van der Waals surface area contributed by atoms with Crippen molar-refractivity contribution in [2.75, 3.05) is 12.4 Å². The van der Waals surface area contributed by atoms with Gasteiger partial charge < -0.3 is 10.1 Å². The first-order valence-electron chi connectivity index (χ1n) is 9.36. The molecule has 10 heteroatoms. The molecule has 1 amide bonds. The van der Waals surface area contributed by atoms with E-state index in [0.29, 0.717) is 5.56 Å². The second-order valence-electron chi connectivity index (χ2n) is 6.74. The second kappa shape index (κ2) is 10.1. The molecule has 1 atom stereocenters. The summed E-state index contributed by atoms with van der Waals surface area (Å²) in [7, 11) is -3.02. The van der Waals surface area contributed by atoms with E-state index in [1.165, 1.54) is 25.3 Å². The number of ether oxygens (including phenoxy) is 1. The third kappa shape index (κ3) is 5.61. The average Bonchev–Trinajstić information content (AvgIpc) is 2.76. The topological polar surface area (TPSA) is 84.5 Å². The molecule has 0 aliphatic rings. The van der Waals surface area contributed by atoms with Gasteiger partial charge >= 0.3 is 0 Å². The van der Waals surface area contributed by atoms with Crippen LogP contribution in [0.4, 0.5) is 14.5 Å². The van der Waals surface area contributed by atoms with Crippen LogP contribution in [0.5, 0.6) is 5.75 Å². The summed E-state index contributed by atoms with van der Waals surface area (Å²) in [5.41, 5.74) is -0.0440. The maximum Gasteiger partial charge on any atom is 0.245 e. The van der Waals surface area contributed by atoms with E-state index < -0.39 is 39.3 Å². The zero-order valence-electron chi connectivity index (χ0n) is 16.8. The smallest absolute Gasteiger partial charge is 0.245 e. The van der Waals surface area contributed by atoms with Crippen LogP contribution in [0.15, 0.2) is 71.6 Å². The molecule has 0 fully saturated rings. The fourth-order valence-corrected chi connectivity index (χ4v) is 4.60. The van der Waals surface area contributed by atoms with Crippen molar-refractivity contribution in [3.8, 4) is 5.75 Å². The average molecular weight is 481 g/mol. The summed E-state index contributed by atoms with van der Waals surface area (Å²) in [5.74, 6) is -2.91. The van der Waals surface area contributed by atoms with Crippen LogP contribution >= 0.6 is 11.6 Å². The van der Waals surface area contributed by atoms with E-state index >= 15 is 0 Å². The van der Waals surface area contributed by atoms with Crippen LogP contribution < -0.4 is 14.8 Å². The molecular weight excluding hydrogens is 462 g/mol. The van der Waals surface area contributed by atoms with E-state index in [9.17, 15) is 22.0 Å². The molecule has 3 rings (SSSR count). The van der Waals surface area contributed by atoms with Crippen LogP contribution in [0.2, 0.25) is 5.02 Å². The van der Waals surface area contributed by atoms with Gasteiger partial charge in [0.1, 0.15) is 34.0 Å². The Balaban J connectivity index is 1.96. The van der Waals surface area contributed by atoms with E-state index in [2.05, 4.69) is 10.0 Å². The Labute approximate surface area is 189 Å². The summed E-state index contributed by atoms with van der Waals surface area (Å²) < 4.78 is 61.6. The number of hydrogen-bond acceptors (Lipinski definition) is 4. The van der Waals surface area contributed by atoms with Crippen molar-refractivity contribution in [1.29, 1.82) is 0 Å². The molecule has 0 saturated carbocycles. The molecule has 0 radical (unpaired) electrons. The van der Waals surface area contributed by atoms with Gasteiger partial charge in [0.15, 0.2) is 0 Å². The SMILES string of the molecule is COc1ccc(Cl)cc1S(=O)(=O)NC(Cc1ccccc1)C(=O)Nc1c(F)cccc1F. The van der Waals surface area contributed by atoms with Crippen LogP contribution in [0.25, 0.3) is 0 Å². The molecule has 0 spiro atoms.